The van der Waals surface area contributed by atoms with Gasteiger partial charge in [0.2, 0.25) is 0 Å². The monoisotopic (exact) mass is 470 g/mol. The zero-order chi connectivity index (χ0) is 23.4. The Kier molecular flexibility index (Phi) is 12.2. The van der Waals surface area contributed by atoms with Gasteiger partial charge >= 0.3 is 0 Å². The van der Waals surface area contributed by atoms with Crippen LogP contribution in [0.4, 0.5) is 0 Å². The SMILES string of the molecule is CC[C@H](C1CCCCCCC1)C(CC(CC1CCCCC1)C1CCCCCC1)C1CCCCC1. The summed E-state index contributed by atoms with van der Waals surface area (Å²) < 4.78 is 0. The van der Waals surface area contributed by atoms with Crippen LogP contribution in [0.15, 0.2) is 0 Å². The van der Waals surface area contributed by atoms with Gasteiger partial charge in [0.15, 0.2) is 0 Å². The summed E-state index contributed by atoms with van der Waals surface area (Å²) in [5.74, 6) is 7.45. The molecule has 4 fully saturated rings. The zero-order valence-corrected chi connectivity index (χ0v) is 23.4. The minimum Gasteiger partial charge on any atom is -0.0651 e. The lowest BCUT2D eigenvalue weighted by Crippen LogP contribution is -2.34. The summed E-state index contributed by atoms with van der Waals surface area (Å²) in [6.45, 7) is 2.60. The molecule has 198 valence electrons. The van der Waals surface area contributed by atoms with Gasteiger partial charge in [-0.3, -0.25) is 0 Å². The minimum absolute atomic E-state index is 1.04. The van der Waals surface area contributed by atoms with Gasteiger partial charge in [-0.15, -0.1) is 0 Å². The van der Waals surface area contributed by atoms with Crippen molar-refractivity contribution in [3.8, 4) is 0 Å². The molecule has 34 heavy (non-hydrogen) atoms. The molecule has 4 saturated carbocycles. The first-order chi connectivity index (χ1) is 16.8. The molecule has 4 rings (SSSR count). The zero-order valence-electron chi connectivity index (χ0n) is 23.4. The fraction of sp³-hybridized carbons (Fsp3) is 1.00. The molecule has 0 heteroatoms. The second kappa shape index (κ2) is 15.3. The molecule has 0 aliphatic heterocycles. The van der Waals surface area contributed by atoms with Crippen molar-refractivity contribution < 1.29 is 0 Å². The second-order valence-corrected chi connectivity index (χ2v) is 13.7. The van der Waals surface area contributed by atoms with Gasteiger partial charge in [0, 0.05) is 0 Å². The Labute approximate surface area is 215 Å². The summed E-state index contributed by atoms with van der Waals surface area (Å²) in [7, 11) is 0. The maximum absolute atomic E-state index is 2.60. The Bertz CT molecular complexity index is 494. The molecule has 2 unspecified atom stereocenters. The van der Waals surface area contributed by atoms with Gasteiger partial charge in [-0.1, -0.05) is 161 Å². The maximum atomic E-state index is 2.60. The van der Waals surface area contributed by atoms with E-state index in [1.807, 2.05) is 0 Å². The van der Waals surface area contributed by atoms with Crippen LogP contribution < -0.4 is 0 Å². The number of hydrogen-bond acceptors (Lipinski definition) is 0. The van der Waals surface area contributed by atoms with Crippen molar-refractivity contribution in [3.63, 3.8) is 0 Å². The van der Waals surface area contributed by atoms with E-state index in [1.165, 1.54) is 77.0 Å². The van der Waals surface area contributed by atoms with Crippen LogP contribution in [0, 0.1) is 41.4 Å². The van der Waals surface area contributed by atoms with Gasteiger partial charge in [-0.2, -0.15) is 0 Å². The molecule has 0 spiro atoms. The second-order valence-electron chi connectivity index (χ2n) is 13.7. The van der Waals surface area contributed by atoms with E-state index < -0.39 is 0 Å². The van der Waals surface area contributed by atoms with E-state index >= 15 is 0 Å². The lowest BCUT2D eigenvalue weighted by atomic mass is 9.62. The van der Waals surface area contributed by atoms with Crippen molar-refractivity contribution in [2.45, 2.75) is 174 Å². The summed E-state index contributed by atoms with van der Waals surface area (Å²) in [6, 6.07) is 0. The van der Waals surface area contributed by atoms with Crippen LogP contribution in [-0.2, 0) is 0 Å². The smallest absolute Gasteiger partial charge is 0.0352 e. The van der Waals surface area contributed by atoms with Crippen molar-refractivity contribution in [2.24, 2.45) is 41.4 Å². The van der Waals surface area contributed by atoms with Gasteiger partial charge < -0.3 is 0 Å². The molecule has 0 radical (unpaired) electrons. The molecule has 0 aromatic carbocycles. The third-order valence-electron chi connectivity index (χ3n) is 11.5. The molecule has 3 atom stereocenters. The quantitative estimate of drug-likeness (QED) is 0.294. The fourth-order valence-electron chi connectivity index (χ4n) is 9.64. The molecular weight excluding hydrogens is 408 g/mol. The van der Waals surface area contributed by atoms with Crippen LogP contribution in [0.3, 0.4) is 0 Å². The van der Waals surface area contributed by atoms with Crippen LogP contribution in [0.2, 0.25) is 0 Å². The Morgan fingerprint density at radius 3 is 1.32 bits per heavy atom. The predicted molar refractivity (Wildman–Crippen MR) is 150 cm³/mol. The number of hydrogen-bond donors (Lipinski definition) is 0. The largest absolute Gasteiger partial charge is 0.0651 e. The maximum Gasteiger partial charge on any atom is -0.0352 e. The van der Waals surface area contributed by atoms with Crippen LogP contribution in [0.5, 0.6) is 0 Å². The number of rotatable bonds is 9. The fourth-order valence-corrected chi connectivity index (χ4v) is 9.64. The molecule has 0 saturated heterocycles. The summed E-state index contributed by atoms with van der Waals surface area (Å²) in [4.78, 5) is 0. The highest BCUT2D eigenvalue weighted by Gasteiger charge is 2.38. The molecule has 4 aliphatic carbocycles. The first kappa shape index (κ1) is 27.0. The summed E-state index contributed by atoms with van der Waals surface area (Å²) in [5.41, 5.74) is 0. The van der Waals surface area contributed by atoms with E-state index in [0.717, 1.165) is 41.4 Å². The minimum atomic E-state index is 1.04. The average Bonchev–Trinajstić information content (AvgIpc) is 3.15. The van der Waals surface area contributed by atoms with Crippen LogP contribution >= 0.6 is 0 Å². The van der Waals surface area contributed by atoms with Crippen molar-refractivity contribution in [1.82, 2.24) is 0 Å². The topological polar surface area (TPSA) is 0 Å². The Morgan fingerprint density at radius 1 is 0.441 bits per heavy atom. The van der Waals surface area contributed by atoms with Gasteiger partial charge in [0.25, 0.3) is 0 Å². The van der Waals surface area contributed by atoms with Crippen LogP contribution in [0.25, 0.3) is 0 Å². The standard InChI is InChI=1S/C34H62/c1-2-33(30-22-14-4-3-5-15-23-30)34(31-24-16-9-17-25-31)27-32(26-28-18-10-8-11-19-28)29-20-12-6-7-13-21-29/h28-34H,2-27H2,1H3/t32?,33-,34?/m1/s1. The molecule has 0 aromatic rings. The third kappa shape index (κ3) is 8.26. The van der Waals surface area contributed by atoms with Crippen molar-refractivity contribution in [3.05, 3.63) is 0 Å². The molecule has 4 aliphatic rings. The summed E-state index contributed by atoms with van der Waals surface area (Å²) >= 11 is 0. The molecule has 0 N–H and O–H groups in total. The first-order valence-corrected chi connectivity index (χ1v) is 16.8. The summed E-state index contributed by atoms with van der Waals surface area (Å²) in [6.07, 6.45) is 40.3. The van der Waals surface area contributed by atoms with Gasteiger partial charge in [0.1, 0.15) is 0 Å². The normalized spacial score (nSPS) is 28.5. The highest BCUT2D eigenvalue weighted by Crippen LogP contribution is 2.48. The highest BCUT2D eigenvalue weighted by molar-refractivity contribution is 4.88. The van der Waals surface area contributed by atoms with E-state index in [0.29, 0.717) is 0 Å². The van der Waals surface area contributed by atoms with E-state index in [9.17, 15) is 0 Å². The van der Waals surface area contributed by atoms with Crippen molar-refractivity contribution in [1.29, 1.82) is 0 Å². The van der Waals surface area contributed by atoms with Gasteiger partial charge in [-0.25, -0.2) is 0 Å². The molecule has 0 nitrogen and oxygen atoms in total. The van der Waals surface area contributed by atoms with Gasteiger partial charge in [-0.05, 0) is 54.3 Å². The van der Waals surface area contributed by atoms with Crippen LogP contribution in [0.1, 0.15) is 174 Å². The van der Waals surface area contributed by atoms with E-state index in [2.05, 4.69) is 6.92 Å². The molecule has 0 bridgehead atoms. The first-order valence-electron chi connectivity index (χ1n) is 16.8. The van der Waals surface area contributed by atoms with E-state index in [1.54, 1.807) is 89.9 Å². The Morgan fingerprint density at radius 2 is 0.824 bits per heavy atom. The Balaban J connectivity index is 1.53. The van der Waals surface area contributed by atoms with Crippen molar-refractivity contribution in [2.75, 3.05) is 0 Å². The lowest BCUT2D eigenvalue weighted by molar-refractivity contribution is 0.0656. The lowest BCUT2D eigenvalue weighted by Gasteiger charge is -2.44. The molecule has 0 amide bonds. The van der Waals surface area contributed by atoms with E-state index in [-0.39, 0.29) is 0 Å². The van der Waals surface area contributed by atoms with E-state index in [4.69, 9.17) is 0 Å². The average molecular weight is 471 g/mol. The van der Waals surface area contributed by atoms with Crippen LogP contribution in [-0.4, -0.2) is 0 Å². The predicted octanol–water partition coefficient (Wildman–Crippen LogP) is 11.5. The molecule has 0 aromatic heterocycles. The Hall–Kier alpha value is 0. The van der Waals surface area contributed by atoms with Gasteiger partial charge in [0.05, 0.1) is 0 Å². The highest BCUT2D eigenvalue weighted by atomic mass is 14.4. The summed E-state index contributed by atoms with van der Waals surface area (Å²) in [5, 5.41) is 0. The van der Waals surface area contributed by atoms with Crippen molar-refractivity contribution >= 4 is 0 Å². The molecular formula is C34H62. The molecule has 0 heterocycles. The third-order valence-corrected chi connectivity index (χ3v) is 11.5.